The molecule has 0 bridgehead atoms. The Morgan fingerprint density at radius 1 is 0.242 bits per heavy atom. The molecule has 2 aliphatic heterocycles. The first-order chi connectivity index (χ1) is 32.8. The summed E-state index contributed by atoms with van der Waals surface area (Å²) in [6.45, 7) is 0. The second-order valence-corrected chi connectivity index (χ2v) is 16.8. The summed E-state index contributed by atoms with van der Waals surface area (Å²) in [5.41, 5.74) is 18.8. The van der Waals surface area contributed by atoms with Crippen molar-refractivity contribution in [3.05, 3.63) is 249 Å². The van der Waals surface area contributed by atoms with Gasteiger partial charge in [-0.1, -0.05) is 140 Å². The van der Waals surface area contributed by atoms with Gasteiger partial charge in [0, 0.05) is 39.9 Å². The number of aromatic nitrogens is 1. The lowest BCUT2D eigenvalue weighted by Crippen LogP contribution is -2.24. The van der Waals surface area contributed by atoms with Crippen LogP contribution >= 0.6 is 0 Å². The van der Waals surface area contributed by atoms with Gasteiger partial charge in [-0.05, 0) is 131 Å². The highest BCUT2D eigenvalue weighted by atomic mass is 15.3. The molecule has 0 saturated carbocycles. The zero-order valence-corrected chi connectivity index (χ0v) is 35.9. The van der Waals surface area contributed by atoms with Crippen LogP contribution in [-0.2, 0) is 0 Å². The molecule has 13 rings (SSSR count). The van der Waals surface area contributed by atoms with E-state index in [4.69, 9.17) is 4.98 Å². The average molecular weight is 844 g/mol. The van der Waals surface area contributed by atoms with Crippen LogP contribution < -0.4 is 19.6 Å². The van der Waals surface area contributed by atoms with Crippen molar-refractivity contribution in [1.82, 2.24) is 4.98 Å². The lowest BCUT2D eigenvalue weighted by Gasteiger charge is -2.40. The van der Waals surface area contributed by atoms with Gasteiger partial charge in [0.2, 0.25) is 0 Å². The van der Waals surface area contributed by atoms with Crippen molar-refractivity contribution in [3.63, 3.8) is 0 Å². The molecule has 5 nitrogen and oxygen atoms in total. The number of pyridine rings is 1. The molecule has 2 aliphatic rings. The van der Waals surface area contributed by atoms with Crippen LogP contribution in [0, 0.1) is 0 Å². The topological polar surface area (TPSA) is 25.9 Å². The SMILES string of the molecule is c1ccc(N2c3ccccc3N(c3ccccc3)c3cc(-c4c5ccccc5c(-c5ccc6c(c5)N(c5ccccc5)c5ccccc5N6c5ccccc5)c5ncccc45)ccc32)cc1. The molecule has 66 heavy (non-hydrogen) atoms. The summed E-state index contributed by atoms with van der Waals surface area (Å²) in [7, 11) is 0. The van der Waals surface area contributed by atoms with E-state index in [0.717, 1.165) is 107 Å². The van der Waals surface area contributed by atoms with E-state index >= 15 is 0 Å². The normalized spacial score (nSPS) is 12.7. The van der Waals surface area contributed by atoms with Crippen molar-refractivity contribution >= 4 is 89.9 Å². The maximum absolute atomic E-state index is 5.27. The number of hydrogen-bond donors (Lipinski definition) is 0. The van der Waals surface area contributed by atoms with Gasteiger partial charge in [-0.25, -0.2) is 0 Å². The summed E-state index contributed by atoms with van der Waals surface area (Å²) in [6.07, 6.45) is 1.94. The van der Waals surface area contributed by atoms with E-state index in [1.54, 1.807) is 0 Å². The lowest BCUT2D eigenvalue weighted by atomic mass is 9.87. The van der Waals surface area contributed by atoms with E-state index in [2.05, 4.69) is 262 Å². The smallest absolute Gasteiger partial charge is 0.0793 e. The first-order valence-corrected chi connectivity index (χ1v) is 22.5. The summed E-state index contributed by atoms with van der Waals surface area (Å²) in [6, 6.07) is 87.3. The molecule has 10 aromatic carbocycles. The van der Waals surface area contributed by atoms with Crippen LogP contribution in [0.15, 0.2) is 249 Å². The second-order valence-electron chi connectivity index (χ2n) is 16.8. The van der Waals surface area contributed by atoms with Gasteiger partial charge in [0.05, 0.1) is 51.0 Å². The van der Waals surface area contributed by atoms with Gasteiger partial charge < -0.3 is 19.6 Å². The van der Waals surface area contributed by atoms with Crippen LogP contribution in [0.2, 0.25) is 0 Å². The highest BCUT2D eigenvalue weighted by Crippen LogP contribution is 2.58. The van der Waals surface area contributed by atoms with Gasteiger partial charge >= 0.3 is 0 Å². The van der Waals surface area contributed by atoms with Crippen LogP contribution in [0.3, 0.4) is 0 Å². The summed E-state index contributed by atoms with van der Waals surface area (Å²) < 4.78 is 0. The zero-order chi connectivity index (χ0) is 43.6. The van der Waals surface area contributed by atoms with Crippen LogP contribution in [0.25, 0.3) is 43.9 Å². The molecule has 1 aromatic heterocycles. The predicted molar refractivity (Wildman–Crippen MR) is 276 cm³/mol. The molecule has 5 heteroatoms. The maximum atomic E-state index is 5.27. The summed E-state index contributed by atoms with van der Waals surface area (Å²) >= 11 is 0. The minimum atomic E-state index is 0.961. The number of rotatable bonds is 6. The summed E-state index contributed by atoms with van der Waals surface area (Å²) in [5, 5.41) is 3.42. The van der Waals surface area contributed by atoms with Crippen molar-refractivity contribution in [2.75, 3.05) is 19.6 Å². The Hall–Kier alpha value is -8.93. The van der Waals surface area contributed by atoms with E-state index in [-0.39, 0.29) is 0 Å². The van der Waals surface area contributed by atoms with E-state index < -0.39 is 0 Å². The molecule has 0 atom stereocenters. The van der Waals surface area contributed by atoms with E-state index in [1.807, 2.05) is 6.20 Å². The molecule has 11 aromatic rings. The van der Waals surface area contributed by atoms with Gasteiger partial charge in [0.25, 0.3) is 0 Å². The van der Waals surface area contributed by atoms with Gasteiger partial charge in [-0.15, -0.1) is 0 Å². The van der Waals surface area contributed by atoms with Gasteiger partial charge in [-0.3, -0.25) is 4.98 Å². The van der Waals surface area contributed by atoms with E-state index in [1.165, 1.54) is 5.39 Å². The van der Waals surface area contributed by atoms with Gasteiger partial charge in [0.15, 0.2) is 0 Å². The predicted octanol–water partition coefficient (Wildman–Crippen LogP) is 17.2. The molecule has 0 saturated heterocycles. The van der Waals surface area contributed by atoms with E-state index in [0.29, 0.717) is 0 Å². The highest BCUT2D eigenvalue weighted by Gasteiger charge is 2.33. The average Bonchev–Trinajstić information content (AvgIpc) is 3.39. The van der Waals surface area contributed by atoms with Crippen molar-refractivity contribution < 1.29 is 0 Å². The Morgan fingerprint density at radius 3 is 0.985 bits per heavy atom. The van der Waals surface area contributed by atoms with Gasteiger partial charge in [-0.2, -0.15) is 0 Å². The van der Waals surface area contributed by atoms with Crippen LogP contribution in [0.1, 0.15) is 0 Å². The molecular formula is C61H41N5. The molecule has 0 unspecified atom stereocenters. The lowest BCUT2D eigenvalue weighted by molar-refractivity contribution is 1.17. The standard InChI is InChI=1S/C61H41N5/c1-5-20-44(21-6-1)63-51-31-15-17-33-53(51)65(46-24-9-3-10-25-46)57-40-42(35-37-55(57)63)59-48-28-13-14-29-49(48)60(61-50(59)30-19-39-62-61)43-36-38-56-58(41-43)66(47-26-11-4-12-27-47)54-34-18-16-32-52(54)64(56)45-22-7-2-8-23-45/h1-41H. The Balaban J connectivity index is 1.04. The highest BCUT2D eigenvalue weighted by molar-refractivity contribution is 6.21. The van der Waals surface area contributed by atoms with Crippen molar-refractivity contribution in [1.29, 1.82) is 0 Å². The Morgan fingerprint density at radius 2 is 0.561 bits per heavy atom. The van der Waals surface area contributed by atoms with Crippen molar-refractivity contribution in [2.45, 2.75) is 0 Å². The molecule has 0 aliphatic carbocycles. The number of benzene rings is 10. The second kappa shape index (κ2) is 15.4. The fourth-order valence-electron chi connectivity index (χ4n) is 10.3. The van der Waals surface area contributed by atoms with Gasteiger partial charge in [0.1, 0.15) is 0 Å². The Bertz CT molecular complexity index is 3320. The maximum Gasteiger partial charge on any atom is 0.0793 e. The van der Waals surface area contributed by atoms with Crippen molar-refractivity contribution in [2.24, 2.45) is 0 Å². The molecule has 0 spiro atoms. The fourth-order valence-corrected chi connectivity index (χ4v) is 10.3. The third kappa shape index (κ3) is 5.91. The van der Waals surface area contributed by atoms with Crippen LogP contribution in [-0.4, -0.2) is 4.98 Å². The monoisotopic (exact) mass is 843 g/mol. The number of nitrogens with zero attached hydrogens (tertiary/aromatic N) is 5. The molecule has 310 valence electrons. The van der Waals surface area contributed by atoms with Crippen LogP contribution in [0.5, 0.6) is 0 Å². The minimum absolute atomic E-state index is 0.961. The number of para-hydroxylation sites is 8. The third-order valence-electron chi connectivity index (χ3n) is 13.1. The quantitative estimate of drug-likeness (QED) is 0.155. The Kier molecular flexibility index (Phi) is 8.78. The largest absolute Gasteiger partial charge is 0.306 e. The summed E-state index contributed by atoms with van der Waals surface area (Å²) in [4.78, 5) is 14.9. The fraction of sp³-hybridized carbons (Fsp3) is 0. The number of fused-ring (bicyclic) bond motifs is 6. The molecular weight excluding hydrogens is 803 g/mol. The first-order valence-electron chi connectivity index (χ1n) is 22.5. The number of hydrogen-bond acceptors (Lipinski definition) is 5. The Labute approximate surface area is 383 Å². The van der Waals surface area contributed by atoms with E-state index in [9.17, 15) is 0 Å². The number of anilines is 12. The molecule has 0 N–H and O–H groups in total. The minimum Gasteiger partial charge on any atom is -0.306 e. The zero-order valence-electron chi connectivity index (χ0n) is 35.9. The molecule has 0 amide bonds. The third-order valence-corrected chi connectivity index (χ3v) is 13.1. The molecule has 0 fully saturated rings. The summed E-state index contributed by atoms with van der Waals surface area (Å²) in [5.74, 6) is 0. The molecule has 3 heterocycles. The van der Waals surface area contributed by atoms with Crippen LogP contribution in [0.4, 0.5) is 68.2 Å². The molecule has 0 radical (unpaired) electrons. The first kappa shape index (κ1) is 37.6. The van der Waals surface area contributed by atoms with Crippen molar-refractivity contribution in [3.8, 4) is 22.3 Å².